The highest BCUT2D eigenvalue weighted by Gasteiger charge is 2.37. The second-order valence-electron chi connectivity index (χ2n) is 15.8. The van der Waals surface area contributed by atoms with Crippen LogP contribution in [0.4, 0.5) is 5.69 Å². The standard InChI is InChI=1S/C44H62NP/c1-31(2)38-30-39(32(3)4)43(41(33(5)6)42(38)34-20-11-7-12-21-34)37-26-19-27-40(45-28-17-10-18-29-45)44(37)46(35-22-13-8-14-23-35)36-24-15-9-16-25-36/h7,11-12,19-21,26-27,30-33,35-36H,8-10,13-18,22-25,28-29H2,1-6H3. The third-order valence-corrected chi connectivity index (χ3v) is 15.1. The lowest BCUT2D eigenvalue weighted by Gasteiger charge is -2.43. The summed E-state index contributed by atoms with van der Waals surface area (Å²) in [5.74, 6) is 1.38. The monoisotopic (exact) mass is 635 g/mol. The summed E-state index contributed by atoms with van der Waals surface area (Å²) in [6.07, 6.45) is 18.5. The summed E-state index contributed by atoms with van der Waals surface area (Å²) in [5.41, 5.74) is 14.2. The minimum atomic E-state index is -0.271. The topological polar surface area (TPSA) is 3.24 Å². The van der Waals surface area contributed by atoms with E-state index < -0.39 is 0 Å². The molecule has 248 valence electrons. The summed E-state index contributed by atoms with van der Waals surface area (Å²) in [4.78, 5) is 2.84. The number of rotatable bonds is 9. The van der Waals surface area contributed by atoms with Gasteiger partial charge in [-0.3, -0.25) is 0 Å². The maximum absolute atomic E-state index is 2.84. The molecule has 3 aromatic rings. The van der Waals surface area contributed by atoms with Crippen molar-refractivity contribution in [1.82, 2.24) is 0 Å². The normalized spacial score (nSPS) is 18.8. The summed E-state index contributed by atoms with van der Waals surface area (Å²) in [7, 11) is -0.271. The van der Waals surface area contributed by atoms with Gasteiger partial charge >= 0.3 is 0 Å². The SMILES string of the molecule is CC(C)c1cc(C(C)C)c(-c2cccc(N3CCCCC3)c2P(C2CCCCC2)C2CCCCC2)c(C(C)C)c1-c1ccccc1. The molecular weight excluding hydrogens is 573 g/mol. The zero-order valence-electron chi connectivity index (χ0n) is 30.1. The van der Waals surface area contributed by atoms with Crippen molar-refractivity contribution in [2.45, 2.75) is 154 Å². The van der Waals surface area contributed by atoms with Crippen LogP contribution in [0.1, 0.15) is 159 Å². The van der Waals surface area contributed by atoms with Crippen LogP contribution >= 0.6 is 7.92 Å². The molecule has 3 fully saturated rings. The number of benzene rings is 3. The van der Waals surface area contributed by atoms with Crippen LogP contribution in [0, 0.1) is 0 Å². The summed E-state index contributed by atoms with van der Waals surface area (Å²) >= 11 is 0. The summed E-state index contributed by atoms with van der Waals surface area (Å²) < 4.78 is 0. The zero-order chi connectivity index (χ0) is 32.2. The predicted octanol–water partition coefficient (Wildman–Crippen LogP) is 13.2. The van der Waals surface area contributed by atoms with Crippen molar-refractivity contribution in [1.29, 1.82) is 0 Å². The van der Waals surface area contributed by atoms with Gasteiger partial charge in [0.05, 0.1) is 0 Å². The van der Waals surface area contributed by atoms with E-state index in [1.54, 1.807) is 27.9 Å². The molecule has 0 N–H and O–H groups in total. The van der Waals surface area contributed by atoms with Gasteiger partial charge in [0.15, 0.2) is 0 Å². The largest absolute Gasteiger partial charge is 0.371 e. The molecule has 1 heterocycles. The first-order valence-electron chi connectivity index (χ1n) is 19.3. The molecule has 0 atom stereocenters. The highest BCUT2D eigenvalue weighted by Crippen LogP contribution is 2.59. The van der Waals surface area contributed by atoms with E-state index in [9.17, 15) is 0 Å². The lowest BCUT2D eigenvalue weighted by atomic mass is 9.76. The third kappa shape index (κ3) is 7.02. The van der Waals surface area contributed by atoms with Crippen LogP contribution in [0.2, 0.25) is 0 Å². The maximum Gasteiger partial charge on any atom is 0.0450 e. The molecule has 46 heavy (non-hydrogen) atoms. The average molecular weight is 636 g/mol. The molecule has 0 bridgehead atoms. The Labute approximate surface area is 283 Å². The van der Waals surface area contributed by atoms with E-state index >= 15 is 0 Å². The molecule has 3 aromatic carbocycles. The third-order valence-electron chi connectivity index (χ3n) is 11.5. The molecule has 0 unspecified atom stereocenters. The predicted molar refractivity (Wildman–Crippen MR) is 206 cm³/mol. The van der Waals surface area contributed by atoms with Gasteiger partial charge in [-0.1, -0.05) is 137 Å². The van der Waals surface area contributed by atoms with Gasteiger partial charge in [-0.05, 0) is 119 Å². The van der Waals surface area contributed by atoms with E-state index in [0.29, 0.717) is 17.8 Å². The Hall–Kier alpha value is -2.11. The molecule has 0 aromatic heterocycles. The van der Waals surface area contributed by atoms with Crippen LogP contribution in [0.25, 0.3) is 22.3 Å². The van der Waals surface area contributed by atoms with Crippen molar-refractivity contribution in [2.24, 2.45) is 0 Å². The first kappa shape index (κ1) is 33.8. The van der Waals surface area contributed by atoms with E-state index in [1.165, 1.54) is 113 Å². The molecule has 0 amide bonds. The average Bonchev–Trinajstić information content (AvgIpc) is 3.09. The smallest absolute Gasteiger partial charge is 0.0450 e. The molecule has 1 nitrogen and oxygen atoms in total. The lowest BCUT2D eigenvalue weighted by Crippen LogP contribution is -2.36. The number of anilines is 1. The molecule has 1 aliphatic heterocycles. The van der Waals surface area contributed by atoms with E-state index in [4.69, 9.17) is 0 Å². The van der Waals surface area contributed by atoms with Gasteiger partial charge in [0.25, 0.3) is 0 Å². The minimum absolute atomic E-state index is 0.271. The van der Waals surface area contributed by atoms with Gasteiger partial charge in [0.2, 0.25) is 0 Å². The fourth-order valence-corrected chi connectivity index (χ4v) is 13.4. The fraction of sp³-hybridized carbons (Fsp3) is 0.591. The van der Waals surface area contributed by atoms with Gasteiger partial charge in [-0.2, -0.15) is 0 Å². The molecule has 0 radical (unpaired) electrons. The van der Waals surface area contributed by atoms with Crippen LogP contribution in [-0.4, -0.2) is 24.4 Å². The highest BCUT2D eigenvalue weighted by molar-refractivity contribution is 7.67. The number of piperidine rings is 1. The van der Waals surface area contributed by atoms with Gasteiger partial charge in [0, 0.05) is 24.1 Å². The van der Waals surface area contributed by atoms with Crippen LogP contribution in [0.3, 0.4) is 0 Å². The van der Waals surface area contributed by atoms with Crippen LogP contribution in [0.5, 0.6) is 0 Å². The summed E-state index contributed by atoms with van der Waals surface area (Å²) in [6.45, 7) is 17.1. The molecule has 6 rings (SSSR count). The molecular formula is C44H62NP. The molecule has 1 saturated heterocycles. The number of hydrogen-bond acceptors (Lipinski definition) is 1. The van der Waals surface area contributed by atoms with E-state index in [1.807, 2.05) is 5.30 Å². The lowest BCUT2D eigenvalue weighted by molar-refractivity contribution is 0.487. The van der Waals surface area contributed by atoms with Crippen molar-refractivity contribution < 1.29 is 0 Å². The van der Waals surface area contributed by atoms with Crippen molar-refractivity contribution in [3.05, 3.63) is 71.3 Å². The first-order chi connectivity index (χ1) is 22.4. The summed E-state index contributed by atoms with van der Waals surface area (Å²) in [6, 6.07) is 21.7. The molecule has 0 spiro atoms. The Kier molecular flexibility index (Phi) is 11.3. The summed E-state index contributed by atoms with van der Waals surface area (Å²) in [5, 5.41) is 1.82. The van der Waals surface area contributed by atoms with Crippen molar-refractivity contribution in [3.8, 4) is 22.3 Å². The van der Waals surface area contributed by atoms with E-state index in [-0.39, 0.29) is 7.92 Å². The molecule has 3 aliphatic rings. The molecule has 2 saturated carbocycles. The van der Waals surface area contributed by atoms with E-state index in [2.05, 4.69) is 101 Å². The van der Waals surface area contributed by atoms with Gasteiger partial charge < -0.3 is 4.90 Å². The fourth-order valence-electron chi connectivity index (χ4n) is 9.24. The number of nitrogens with zero attached hydrogens (tertiary/aromatic N) is 1. The van der Waals surface area contributed by atoms with Crippen LogP contribution in [-0.2, 0) is 0 Å². The van der Waals surface area contributed by atoms with Gasteiger partial charge in [-0.25, -0.2) is 0 Å². The Morgan fingerprint density at radius 1 is 0.565 bits per heavy atom. The first-order valence-corrected chi connectivity index (χ1v) is 20.8. The second-order valence-corrected chi connectivity index (χ2v) is 18.5. The van der Waals surface area contributed by atoms with Crippen LogP contribution in [0.15, 0.2) is 54.6 Å². The zero-order valence-corrected chi connectivity index (χ0v) is 31.0. The van der Waals surface area contributed by atoms with Crippen LogP contribution < -0.4 is 10.2 Å². The minimum Gasteiger partial charge on any atom is -0.371 e. The van der Waals surface area contributed by atoms with E-state index in [0.717, 1.165) is 11.3 Å². The maximum atomic E-state index is 2.84. The van der Waals surface area contributed by atoms with Crippen molar-refractivity contribution in [3.63, 3.8) is 0 Å². The Bertz CT molecular complexity index is 1400. The molecule has 2 aliphatic carbocycles. The Morgan fingerprint density at radius 3 is 1.65 bits per heavy atom. The quantitative estimate of drug-likeness (QED) is 0.211. The second kappa shape index (κ2) is 15.4. The van der Waals surface area contributed by atoms with Gasteiger partial charge in [-0.15, -0.1) is 0 Å². The Morgan fingerprint density at radius 2 is 1.11 bits per heavy atom. The Balaban J connectivity index is 1.70. The molecule has 2 heteroatoms. The number of hydrogen-bond donors (Lipinski definition) is 0. The van der Waals surface area contributed by atoms with Crippen molar-refractivity contribution in [2.75, 3.05) is 18.0 Å². The van der Waals surface area contributed by atoms with Gasteiger partial charge in [0.1, 0.15) is 0 Å². The van der Waals surface area contributed by atoms with Crippen molar-refractivity contribution >= 4 is 18.9 Å². The highest BCUT2D eigenvalue weighted by atomic mass is 31.1.